The molecule has 1 aromatic carbocycles. The predicted octanol–water partition coefficient (Wildman–Crippen LogP) is 1.80. The fourth-order valence-corrected chi connectivity index (χ4v) is 2.43. The van der Waals surface area contributed by atoms with Gasteiger partial charge in [0, 0.05) is 19.2 Å². The fraction of sp³-hybridized carbons (Fsp3) is 0.467. The zero-order valence-electron chi connectivity index (χ0n) is 13.1. The second-order valence-corrected chi connectivity index (χ2v) is 5.57. The topological polar surface area (TPSA) is 102 Å². The number of amides is 2. The number of carbonyl (C=O) groups excluding carboxylic acids is 2. The number of benzene rings is 1. The molecule has 1 aliphatic rings. The number of methoxy groups -OCH3 is 1. The van der Waals surface area contributed by atoms with Crippen LogP contribution < -0.4 is 10.1 Å². The molecule has 2 amide bonds. The lowest BCUT2D eigenvalue weighted by molar-refractivity contribution is -0.384. The molecule has 1 aromatic rings. The van der Waals surface area contributed by atoms with Crippen molar-refractivity contribution in [2.45, 2.75) is 19.8 Å². The second-order valence-electron chi connectivity index (χ2n) is 5.57. The van der Waals surface area contributed by atoms with E-state index in [4.69, 9.17) is 4.74 Å². The predicted molar refractivity (Wildman–Crippen MR) is 83.3 cm³/mol. The molecule has 0 atom stereocenters. The van der Waals surface area contributed by atoms with E-state index in [1.54, 1.807) is 0 Å². The molecule has 1 fully saturated rings. The smallest absolute Gasteiger partial charge is 0.314 e. The summed E-state index contributed by atoms with van der Waals surface area (Å²) >= 11 is 0. The average molecular weight is 321 g/mol. The van der Waals surface area contributed by atoms with Gasteiger partial charge in [-0.15, -0.1) is 0 Å². The monoisotopic (exact) mass is 321 g/mol. The van der Waals surface area contributed by atoms with Gasteiger partial charge in [0.25, 0.3) is 5.69 Å². The molecule has 0 radical (unpaired) electrons. The van der Waals surface area contributed by atoms with Crippen molar-refractivity contribution >= 4 is 23.2 Å². The molecule has 0 aliphatic carbocycles. The lowest BCUT2D eigenvalue weighted by Crippen LogP contribution is -2.43. The van der Waals surface area contributed by atoms with E-state index in [9.17, 15) is 19.7 Å². The Morgan fingerprint density at radius 2 is 2.00 bits per heavy atom. The van der Waals surface area contributed by atoms with Gasteiger partial charge in [-0.05, 0) is 24.8 Å². The number of hydrogen-bond acceptors (Lipinski definition) is 5. The number of likely N-dealkylation sites (tertiary alicyclic amines) is 1. The van der Waals surface area contributed by atoms with E-state index in [0.29, 0.717) is 19.0 Å². The van der Waals surface area contributed by atoms with Crippen molar-refractivity contribution < 1.29 is 19.2 Å². The first-order valence-corrected chi connectivity index (χ1v) is 7.35. The average Bonchev–Trinajstić information content (AvgIpc) is 2.55. The molecule has 0 bridgehead atoms. The van der Waals surface area contributed by atoms with Crippen molar-refractivity contribution in [2.24, 2.45) is 5.92 Å². The maximum Gasteiger partial charge on any atom is 0.314 e. The summed E-state index contributed by atoms with van der Waals surface area (Å²) in [5.41, 5.74) is 0.0676. The first-order chi connectivity index (χ1) is 10.9. The standard InChI is InChI=1S/C15H19N3O5/c1-10-5-7-17(8-6-10)15(20)14(19)16-12-4-3-11(18(21)22)9-13(12)23-2/h3-4,9-10H,5-8H2,1-2H3,(H,16,19). The minimum Gasteiger partial charge on any atom is -0.494 e. The molecule has 0 unspecified atom stereocenters. The summed E-state index contributed by atoms with van der Waals surface area (Å²) < 4.78 is 5.03. The van der Waals surface area contributed by atoms with Crippen LogP contribution >= 0.6 is 0 Å². The molecule has 2 rings (SSSR count). The number of ether oxygens (including phenoxy) is 1. The summed E-state index contributed by atoms with van der Waals surface area (Å²) in [6.45, 7) is 3.24. The first kappa shape index (κ1) is 16.7. The molecule has 0 spiro atoms. The minimum atomic E-state index is -0.772. The molecule has 1 N–H and O–H groups in total. The van der Waals surface area contributed by atoms with Crippen molar-refractivity contribution in [1.29, 1.82) is 0 Å². The van der Waals surface area contributed by atoms with Crippen molar-refractivity contribution in [3.05, 3.63) is 28.3 Å². The summed E-state index contributed by atoms with van der Waals surface area (Å²) in [6.07, 6.45) is 1.75. The van der Waals surface area contributed by atoms with Crippen molar-refractivity contribution in [3.8, 4) is 5.75 Å². The Balaban J connectivity index is 2.07. The third-order valence-electron chi connectivity index (χ3n) is 3.91. The molecule has 23 heavy (non-hydrogen) atoms. The number of carbonyl (C=O) groups is 2. The maximum absolute atomic E-state index is 12.1. The summed E-state index contributed by atoms with van der Waals surface area (Å²) in [5, 5.41) is 13.2. The molecule has 8 heteroatoms. The molecular weight excluding hydrogens is 302 g/mol. The van der Waals surface area contributed by atoms with E-state index < -0.39 is 16.7 Å². The van der Waals surface area contributed by atoms with Crippen LogP contribution in [0, 0.1) is 16.0 Å². The largest absolute Gasteiger partial charge is 0.494 e. The SMILES string of the molecule is COc1cc([N+](=O)[O-])ccc1NC(=O)C(=O)N1CCC(C)CC1. The van der Waals surface area contributed by atoms with Gasteiger partial charge < -0.3 is 15.0 Å². The van der Waals surface area contributed by atoms with Crippen LogP contribution in [0.3, 0.4) is 0 Å². The Labute approximate surface area is 133 Å². The highest BCUT2D eigenvalue weighted by Gasteiger charge is 2.26. The lowest BCUT2D eigenvalue weighted by Gasteiger charge is -2.29. The number of nitro benzene ring substituents is 1. The number of hydrogen-bond donors (Lipinski definition) is 1. The Bertz CT molecular complexity index is 624. The van der Waals surface area contributed by atoms with Crippen LogP contribution in [0.1, 0.15) is 19.8 Å². The summed E-state index contributed by atoms with van der Waals surface area (Å²) in [4.78, 5) is 35.9. The minimum absolute atomic E-state index is 0.132. The van der Waals surface area contributed by atoms with E-state index >= 15 is 0 Å². The molecule has 8 nitrogen and oxygen atoms in total. The van der Waals surface area contributed by atoms with E-state index in [-0.39, 0.29) is 17.1 Å². The first-order valence-electron chi connectivity index (χ1n) is 7.35. The molecule has 1 aliphatic heterocycles. The number of nitrogens with zero attached hydrogens (tertiary/aromatic N) is 2. The van der Waals surface area contributed by atoms with Crippen LogP contribution in [0.5, 0.6) is 5.75 Å². The molecule has 124 valence electrons. The van der Waals surface area contributed by atoms with Gasteiger partial charge in [0.05, 0.1) is 23.8 Å². The van der Waals surface area contributed by atoms with Crippen LogP contribution in [0.15, 0.2) is 18.2 Å². The summed E-state index contributed by atoms with van der Waals surface area (Å²) in [5.74, 6) is -0.687. The number of rotatable bonds is 3. The van der Waals surface area contributed by atoms with Crippen molar-refractivity contribution in [1.82, 2.24) is 4.90 Å². The highest BCUT2D eigenvalue weighted by atomic mass is 16.6. The van der Waals surface area contributed by atoms with Crippen LogP contribution in [0.2, 0.25) is 0 Å². The molecular formula is C15H19N3O5. The van der Waals surface area contributed by atoms with Crippen LogP contribution in [0.4, 0.5) is 11.4 Å². The van der Waals surface area contributed by atoms with Gasteiger partial charge in [0.15, 0.2) is 0 Å². The lowest BCUT2D eigenvalue weighted by atomic mass is 9.99. The number of non-ortho nitro benzene ring substituents is 1. The van der Waals surface area contributed by atoms with Gasteiger partial charge in [0.1, 0.15) is 5.75 Å². The Morgan fingerprint density at radius 1 is 1.35 bits per heavy atom. The third kappa shape index (κ3) is 3.97. The van der Waals surface area contributed by atoms with Gasteiger partial charge in [-0.25, -0.2) is 0 Å². The molecule has 1 heterocycles. The van der Waals surface area contributed by atoms with Crippen molar-refractivity contribution in [3.63, 3.8) is 0 Å². The highest BCUT2D eigenvalue weighted by molar-refractivity contribution is 6.39. The Kier molecular flexibility index (Phi) is 5.15. The molecule has 0 saturated carbocycles. The zero-order chi connectivity index (χ0) is 17.0. The van der Waals surface area contributed by atoms with Gasteiger partial charge in [-0.1, -0.05) is 6.92 Å². The van der Waals surface area contributed by atoms with Gasteiger partial charge in [-0.2, -0.15) is 0 Å². The Morgan fingerprint density at radius 3 is 2.57 bits per heavy atom. The second kappa shape index (κ2) is 7.08. The normalized spacial score (nSPS) is 15.1. The quantitative estimate of drug-likeness (QED) is 0.519. The Hall–Kier alpha value is -2.64. The summed E-state index contributed by atoms with van der Waals surface area (Å²) in [6, 6.07) is 3.79. The van der Waals surface area contributed by atoms with Crippen LogP contribution in [0.25, 0.3) is 0 Å². The third-order valence-corrected chi connectivity index (χ3v) is 3.91. The molecule has 1 saturated heterocycles. The molecule has 0 aromatic heterocycles. The number of anilines is 1. The number of nitro groups is 1. The van der Waals surface area contributed by atoms with Crippen molar-refractivity contribution in [2.75, 3.05) is 25.5 Å². The van der Waals surface area contributed by atoms with Crippen LogP contribution in [-0.2, 0) is 9.59 Å². The van der Waals surface area contributed by atoms with E-state index in [1.165, 1.54) is 30.2 Å². The zero-order valence-corrected chi connectivity index (χ0v) is 13.1. The van der Waals surface area contributed by atoms with E-state index in [0.717, 1.165) is 12.8 Å². The number of nitrogens with one attached hydrogen (secondary N) is 1. The van der Waals surface area contributed by atoms with Gasteiger partial charge >= 0.3 is 11.8 Å². The maximum atomic E-state index is 12.1. The number of piperidine rings is 1. The van der Waals surface area contributed by atoms with Gasteiger partial charge in [-0.3, -0.25) is 19.7 Å². The van der Waals surface area contributed by atoms with Crippen LogP contribution in [-0.4, -0.2) is 41.8 Å². The van der Waals surface area contributed by atoms with E-state index in [1.807, 2.05) is 0 Å². The summed E-state index contributed by atoms with van der Waals surface area (Å²) in [7, 11) is 1.34. The highest BCUT2D eigenvalue weighted by Crippen LogP contribution is 2.29. The van der Waals surface area contributed by atoms with Gasteiger partial charge in [0.2, 0.25) is 0 Å². The van der Waals surface area contributed by atoms with E-state index in [2.05, 4.69) is 12.2 Å². The fourth-order valence-electron chi connectivity index (χ4n) is 2.43.